The highest BCUT2D eigenvalue weighted by Crippen LogP contribution is 2.33. The lowest BCUT2D eigenvalue weighted by Gasteiger charge is -2.24. The summed E-state index contributed by atoms with van der Waals surface area (Å²) in [6.07, 6.45) is 7.17. The van der Waals surface area contributed by atoms with Crippen LogP contribution in [0.25, 0.3) is 11.7 Å². The van der Waals surface area contributed by atoms with Crippen molar-refractivity contribution in [2.75, 3.05) is 13.7 Å². The third kappa shape index (κ3) is 3.43. The maximum atomic E-state index is 12.8. The third-order valence-electron chi connectivity index (χ3n) is 4.94. The maximum absolute atomic E-state index is 12.8. The Morgan fingerprint density at radius 2 is 2.07 bits per heavy atom. The van der Waals surface area contributed by atoms with Gasteiger partial charge in [-0.15, -0.1) is 0 Å². The lowest BCUT2D eigenvalue weighted by atomic mass is 10.0. The summed E-state index contributed by atoms with van der Waals surface area (Å²) in [7, 11) is 1.65. The lowest BCUT2D eigenvalue weighted by molar-refractivity contribution is -0.126. The molecular formula is C21H20ClN3O2. The normalized spacial score (nSPS) is 17.1. The molecule has 0 radical (unpaired) electrons. The summed E-state index contributed by atoms with van der Waals surface area (Å²) in [5.74, 6) is 0.798. The summed E-state index contributed by atoms with van der Waals surface area (Å²) in [6.45, 7) is 0.751. The number of halogens is 1. The van der Waals surface area contributed by atoms with Crippen LogP contribution < -0.4 is 4.74 Å². The second kappa shape index (κ2) is 7.45. The third-order valence-corrected chi connectivity index (χ3v) is 5.22. The van der Waals surface area contributed by atoms with Crippen molar-refractivity contribution in [2.24, 2.45) is 0 Å². The number of amides is 1. The van der Waals surface area contributed by atoms with Gasteiger partial charge in [-0.1, -0.05) is 29.8 Å². The number of benzene rings is 1. The first-order chi connectivity index (χ1) is 13.2. The maximum Gasteiger partial charge on any atom is 0.247 e. The van der Waals surface area contributed by atoms with Gasteiger partial charge in [0.25, 0.3) is 0 Å². The van der Waals surface area contributed by atoms with Crippen LogP contribution in [0.5, 0.6) is 5.75 Å². The molecule has 1 aromatic carbocycles. The summed E-state index contributed by atoms with van der Waals surface area (Å²) >= 11 is 6.24. The molecule has 1 atom stereocenters. The van der Waals surface area contributed by atoms with E-state index in [1.54, 1.807) is 19.3 Å². The Morgan fingerprint density at radius 3 is 2.85 bits per heavy atom. The summed E-state index contributed by atoms with van der Waals surface area (Å²) in [5.41, 5.74) is 2.59. The van der Waals surface area contributed by atoms with Gasteiger partial charge in [0.05, 0.1) is 18.8 Å². The molecule has 1 saturated heterocycles. The Labute approximate surface area is 162 Å². The Hall–Kier alpha value is -2.79. The number of methoxy groups -OCH3 is 1. The molecule has 0 saturated carbocycles. The fraction of sp³-hybridized carbons (Fsp3) is 0.238. The summed E-state index contributed by atoms with van der Waals surface area (Å²) in [4.78, 5) is 19.1. The zero-order valence-corrected chi connectivity index (χ0v) is 15.8. The number of pyridine rings is 1. The van der Waals surface area contributed by atoms with Crippen LogP contribution in [0.4, 0.5) is 0 Å². The molecule has 1 amide bonds. The van der Waals surface area contributed by atoms with Crippen molar-refractivity contribution in [3.8, 4) is 5.75 Å². The number of nitrogens with zero attached hydrogens (tertiary/aromatic N) is 3. The van der Waals surface area contributed by atoms with E-state index in [-0.39, 0.29) is 11.9 Å². The number of hydrogen-bond acceptors (Lipinski definition) is 3. The van der Waals surface area contributed by atoms with Gasteiger partial charge in [0.1, 0.15) is 11.4 Å². The van der Waals surface area contributed by atoms with Gasteiger partial charge in [0.15, 0.2) is 5.15 Å². The highest BCUT2D eigenvalue weighted by molar-refractivity contribution is 6.31. The van der Waals surface area contributed by atoms with Crippen molar-refractivity contribution in [1.82, 2.24) is 14.3 Å². The fourth-order valence-corrected chi connectivity index (χ4v) is 3.82. The molecule has 1 unspecified atom stereocenters. The molecule has 138 valence electrons. The monoisotopic (exact) mass is 381 g/mol. The number of aromatic nitrogens is 2. The van der Waals surface area contributed by atoms with Gasteiger partial charge in [-0.2, -0.15) is 0 Å². The first-order valence-corrected chi connectivity index (χ1v) is 9.30. The zero-order chi connectivity index (χ0) is 18.8. The van der Waals surface area contributed by atoms with E-state index in [9.17, 15) is 4.79 Å². The van der Waals surface area contributed by atoms with Gasteiger partial charge in [-0.3, -0.25) is 9.20 Å². The SMILES string of the molecule is COc1ccc(C2CCCN2C(=O)/C=C/c2c(Cl)nc3ccccn23)cc1. The van der Waals surface area contributed by atoms with Gasteiger partial charge >= 0.3 is 0 Å². The van der Waals surface area contributed by atoms with Crippen LogP contribution in [0.1, 0.15) is 30.1 Å². The van der Waals surface area contributed by atoms with E-state index in [0.717, 1.165) is 36.3 Å². The molecule has 1 aliphatic rings. The van der Waals surface area contributed by atoms with Crippen molar-refractivity contribution < 1.29 is 9.53 Å². The number of rotatable bonds is 4. The molecule has 1 fully saturated rings. The number of ether oxygens (including phenoxy) is 1. The molecule has 27 heavy (non-hydrogen) atoms. The predicted octanol–water partition coefficient (Wildman–Crippen LogP) is 4.37. The summed E-state index contributed by atoms with van der Waals surface area (Å²) in [5, 5.41) is 0.387. The first-order valence-electron chi connectivity index (χ1n) is 8.92. The van der Waals surface area contributed by atoms with E-state index in [1.165, 1.54) is 0 Å². The second-order valence-corrected chi connectivity index (χ2v) is 6.87. The molecule has 2 aromatic heterocycles. The Bertz CT molecular complexity index is 994. The topological polar surface area (TPSA) is 46.8 Å². The largest absolute Gasteiger partial charge is 0.497 e. The van der Waals surface area contributed by atoms with Crippen LogP contribution in [0.2, 0.25) is 5.15 Å². The Kier molecular flexibility index (Phi) is 4.86. The molecule has 3 heterocycles. The quantitative estimate of drug-likeness (QED) is 0.630. The van der Waals surface area contributed by atoms with Crippen LogP contribution in [0.3, 0.4) is 0 Å². The number of carbonyl (C=O) groups excluding carboxylic acids is 1. The van der Waals surface area contributed by atoms with E-state index >= 15 is 0 Å². The average molecular weight is 382 g/mol. The van der Waals surface area contributed by atoms with Gasteiger partial charge in [0, 0.05) is 18.8 Å². The molecule has 5 nitrogen and oxygen atoms in total. The molecule has 1 aliphatic heterocycles. The molecule has 4 rings (SSSR count). The number of hydrogen-bond donors (Lipinski definition) is 0. The molecular weight excluding hydrogens is 362 g/mol. The van der Waals surface area contributed by atoms with Crippen molar-refractivity contribution in [3.63, 3.8) is 0 Å². The summed E-state index contributed by atoms with van der Waals surface area (Å²) in [6, 6.07) is 13.7. The minimum Gasteiger partial charge on any atom is -0.497 e. The van der Waals surface area contributed by atoms with Crippen molar-refractivity contribution >= 4 is 29.2 Å². The standard InChI is InChI=1S/C21H20ClN3O2/c1-27-16-9-7-15(8-10-16)17-5-4-14-25(17)20(26)12-11-18-21(22)23-19-6-2-3-13-24(18)19/h2-3,6-13,17H,4-5,14H2,1H3/b12-11+. The van der Waals surface area contributed by atoms with E-state index in [4.69, 9.17) is 16.3 Å². The highest BCUT2D eigenvalue weighted by Gasteiger charge is 2.28. The lowest BCUT2D eigenvalue weighted by Crippen LogP contribution is -2.28. The van der Waals surface area contributed by atoms with Crippen molar-refractivity contribution in [2.45, 2.75) is 18.9 Å². The number of fused-ring (bicyclic) bond motifs is 1. The molecule has 6 heteroatoms. The first kappa shape index (κ1) is 17.6. The van der Waals surface area contributed by atoms with Gasteiger partial charge < -0.3 is 9.64 Å². The molecule has 3 aromatic rings. The smallest absolute Gasteiger partial charge is 0.247 e. The fourth-order valence-electron chi connectivity index (χ4n) is 3.58. The van der Waals surface area contributed by atoms with Gasteiger partial charge in [0.2, 0.25) is 5.91 Å². The molecule has 0 spiro atoms. The van der Waals surface area contributed by atoms with Crippen molar-refractivity contribution in [1.29, 1.82) is 0 Å². The van der Waals surface area contributed by atoms with Crippen LogP contribution in [-0.2, 0) is 4.79 Å². The number of carbonyl (C=O) groups is 1. The molecule has 0 bridgehead atoms. The number of likely N-dealkylation sites (tertiary alicyclic amines) is 1. The van der Waals surface area contributed by atoms with Crippen molar-refractivity contribution in [3.05, 3.63) is 71.1 Å². The van der Waals surface area contributed by atoms with Crippen LogP contribution in [0, 0.1) is 0 Å². The zero-order valence-electron chi connectivity index (χ0n) is 15.0. The Balaban J connectivity index is 1.56. The van der Waals surface area contributed by atoms with E-state index in [0.29, 0.717) is 10.8 Å². The van der Waals surface area contributed by atoms with Crippen LogP contribution in [0.15, 0.2) is 54.7 Å². The van der Waals surface area contributed by atoms with Crippen LogP contribution >= 0.6 is 11.6 Å². The molecule has 0 aliphatic carbocycles. The molecule has 0 N–H and O–H groups in total. The Morgan fingerprint density at radius 1 is 1.26 bits per heavy atom. The minimum absolute atomic E-state index is 0.0183. The average Bonchev–Trinajstić information content (AvgIpc) is 3.30. The van der Waals surface area contributed by atoms with Gasteiger partial charge in [-0.05, 0) is 48.7 Å². The van der Waals surface area contributed by atoms with Crippen LogP contribution in [-0.4, -0.2) is 33.8 Å². The summed E-state index contributed by atoms with van der Waals surface area (Å²) < 4.78 is 7.09. The van der Waals surface area contributed by atoms with E-state index in [2.05, 4.69) is 4.98 Å². The van der Waals surface area contributed by atoms with E-state index in [1.807, 2.05) is 58.0 Å². The minimum atomic E-state index is -0.0183. The van der Waals surface area contributed by atoms with Gasteiger partial charge in [-0.25, -0.2) is 4.98 Å². The predicted molar refractivity (Wildman–Crippen MR) is 106 cm³/mol. The second-order valence-electron chi connectivity index (χ2n) is 6.51. The van der Waals surface area contributed by atoms with E-state index < -0.39 is 0 Å². The number of imidazole rings is 1. The highest BCUT2D eigenvalue weighted by atomic mass is 35.5.